The van der Waals surface area contributed by atoms with Crippen LogP contribution in [0.15, 0.2) is 40.8 Å². The van der Waals surface area contributed by atoms with Crippen LogP contribution in [-0.2, 0) is 0 Å². The van der Waals surface area contributed by atoms with Gasteiger partial charge in [0.05, 0.1) is 7.11 Å². The van der Waals surface area contributed by atoms with Crippen LogP contribution in [0.1, 0.15) is 0 Å². The fourth-order valence-corrected chi connectivity index (χ4v) is 1.69. The molecule has 0 fully saturated rings. The van der Waals surface area contributed by atoms with E-state index in [0.717, 1.165) is 11.3 Å². The average molecular weight is 241 g/mol. The molecule has 0 saturated carbocycles. The molecule has 3 aromatic rings. The molecule has 0 unspecified atom stereocenters. The molecule has 0 aliphatic heterocycles. The van der Waals surface area contributed by atoms with E-state index in [0.29, 0.717) is 22.9 Å². The Kier molecular flexibility index (Phi) is 2.37. The number of hydrogen-bond donors (Lipinski definition) is 1. The number of ether oxygens (including phenoxy) is 1. The second-order valence-corrected chi connectivity index (χ2v) is 3.81. The molecule has 0 amide bonds. The third-order valence-electron chi connectivity index (χ3n) is 2.61. The van der Waals surface area contributed by atoms with E-state index in [1.54, 1.807) is 19.2 Å². The second kappa shape index (κ2) is 4.03. The van der Waals surface area contributed by atoms with Crippen molar-refractivity contribution in [1.29, 1.82) is 0 Å². The van der Waals surface area contributed by atoms with Crippen molar-refractivity contribution in [2.45, 2.75) is 0 Å². The number of nitrogens with two attached hydrogens (primary N) is 1. The molecule has 1 aromatic carbocycles. The van der Waals surface area contributed by atoms with Crippen LogP contribution in [0.2, 0.25) is 0 Å². The molecule has 5 nitrogen and oxygen atoms in total. The Balaban J connectivity index is 2.07. The van der Waals surface area contributed by atoms with E-state index in [1.165, 1.54) is 0 Å². The minimum Gasteiger partial charge on any atom is -0.497 e. The van der Waals surface area contributed by atoms with Crippen LogP contribution >= 0.6 is 0 Å². The maximum Gasteiger partial charge on any atom is 0.249 e. The van der Waals surface area contributed by atoms with Crippen LogP contribution in [-0.4, -0.2) is 17.1 Å². The number of aromatic nitrogens is 2. The number of methoxy groups -OCH3 is 1. The smallest absolute Gasteiger partial charge is 0.249 e. The standard InChI is InChI=1S/C13H11N3O2/c1-17-9-4-2-8(3-5-9)12-15-10-6-7-11(14)16-13(10)18-12/h2-7H,1H3,(H2,14,16). The zero-order chi connectivity index (χ0) is 12.5. The largest absolute Gasteiger partial charge is 0.497 e. The Morgan fingerprint density at radius 2 is 1.83 bits per heavy atom. The maximum absolute atomic E-state index is 5.59. The molecule has 18 heavy (non-hydrogen) atoms. The molecule has 0 radical (unpaired) electrons. The molecule has 2 heterocycles. The van der Waals surface area contributed by atoms with Crippen LogP contribution in [0.5, 0.6) is 5.75 Å². The number of nitrogen functional groups attached to an aromatic ring is 1. The molecule has 2 aromatic heterocycles. The summed E-state index contributed by atoms with van der Waals surface area (Å²) in [4.78, 5) is 8.43. The summed E-state index contributed by atoms with van der Waals surface area (Å²) in [5.41, 5.74) is 7.60. The first-order valence-corrected chi connectivity index (χ1v) is 5.44. The molecular formula is C13H11N3O2. The van der Waals surface area contributed by atoms with Gasteiger partial charge < -0.3 is 14.9 Å². The zero-order valence-corrected chi connectivity index (χ0v) is 9.75. The van der Waals surface area contributed by atoms with Gasteiger partial charge >= 0.3 is 0 Å². The van der Waals surface area contributed by atoms with Crippen LogP contribution in [0.3, 0.4) is 0 Å². The third-order valence-corrected chi connectivity index (χ3v) is 2.61. The number of oxazole rings is 1. The topological polar surface area (TPSA) is 74.2 Å². The highest BCUT2D eigenvalue weighted by molar-refractivity contribution is 5.74. The first-order chi connectivity index (χ1) is 8.76. The quantitative estimate of drug-likeness (QED) is 0.746. The van der Waals surface area contributed by atoms with Crippen molar-refractivity contribution >= 4 is 17.0 Å². The van der Waals surface area contributed by atoms with Crippen molar-refractivity contribution in [1.82, 2.24) is 9.97 Å². The van der Waals surface area contributed by atoms with Crippen LogP contribution in [0.4, 0.5) is 5.82 Å². The van der Waals surface area contributed by atoms with Crippen molar-refractivity contribution in [2.24, 2.45) is 0 Å². The minimum atomic E-state index is 0.417. The molecule has 0 aliphatic rings. The van der Waals surface area contributed by atoms with E-state index >= 15 is 0 Å². The van der Waals surface area contributed by atoms with E-state index in [1.807, 2.05) is 24.3 Å². The molecule has 5 heteroatoms. The highest BCUT2D eigenvalue weighted by Gasteiger charge is 2.09. The summed E-state index contributed by atoms with van der Waals surface area (Å²) in [5, 5.41) is 0. The van der Waals surface area contributed by atoms with Gasteiger partial charge in [-0.15, -0.1) is 0 Å². The normalized spacial score (nSPS) is 10.7. The lowest BCUT2D eigenvalue weighted by Crippen LogP contribution is -1.87. The van der Waals surface area contributed by atoms with E-state index in [9.17, 15) is 0 Å². The number of pyridine rings is 1. The number of anilines is 1. The molecule has 0 saturated heterocycles. The van der Waals surface area contributed by atoms with Gasteiger partial charge in [0, 0.05) is 5.56 Å². The first-order valence-electron chi connectivity index (χ1n) is 5.44. The monoisotopic (exact) mass is 241 g/mol. The zero-order valence-electron chi connectivity index (χ0n) is 9.75. The summed E-state index contributed by atoms with van der Waals surface area (Å²) in [6, 6.07) is 11.0. The Morgan fingerprint density at radius 3 is 2.56 bits per heavy atom. The van der Waals surface area contributed by atoms with Gasteiger partial charge in [-0.25, -0.2) is 4.98 Å². The lowest BCUT2D eigenvalue weighted by Gasteiger charge is -1.99. The van der Waals surface area contributed by atoms with E-state index in [4.69, 9.17) is 14.9 Å². The van der Waals surface area contributed by atoms with Crippen molar-refractivity contribution < 1.29 is 9.15 Å². The number of nitrogens with zero attached hydrogens (tertiary/aromatic N) is 2. The molecular weight excluding hydrogens is 230 g/mol. The highest BCUT2D eigenvalue weighted by Crippen LogP contribution is 2.25. The predicted octanol–water partition coefficient (Wildman–Crippen LogP) is 2.48. The first kappa shape index (κ1) is 10.6. The highest BCUT2D eigenvalue weighted by atomic mass is 16.5. The number of fused-ring (bicyclic) bond motifs is 1. The lowest BCUT2D eigenvalue weighted by molar-refractivity contribution is 0.415. The van der Waals surface area contributed by atoms with Gasteiger partial charge in [0.25, 0.3) is 0 Å². The van der Waals surface area contributed by atoms with Gasteiger partial charge in [-0.05, 0) is 36.4 Å². The fourth-order valence-electron chi connectivity index (χ4n) is 1.69. The van der Waals surface area contributed by atoms with Gasteiger partial charge in [-0.2, -0.15) is 4.98 Å². The summed E-state index contributed by atoms with van der Waals surface area (Å²) >= 11 is 0. The maximum atomic E-state index is 5.59. The number of hydrogen-bond acceptors (Lipinski definition) is 5. The summed E-state index contributed by atoms with van der Waals surface area (Å²) in [6.07, 6.45) is 0. The van der Waals surface area contributed by atoms with Gasteiger partial charge in [0.2, 0.25) is 11.6 Å². The van der Waals surface area contributed by atoms with Crippen LogP contribution < -0.4 is 10.5 Å². The lowest BCUT2D eigenvalue weighted by atomic mass is 10.2. The van der Waals surface area contributed by atoms with Crippen molar-refractivity contribution in [2.75, 3.05) is 12.8 Å². The molecule has 0 atom stereocenters. The van der Waals surface area contributed by atoms with Crippen molar-refractivity contribution in [3.05, 3.63) is 36.4 Å². The summed E-state index contributed by atoms with van der Waals surface area (Å²) in [7, 11) is 1.63. The second-order valence-electron chi connectivity index (χ2n) is 3.81. The fraction of sp³-hybridized carbons (Fsp3) is 0.0769. The van der Waals surface area contributed by atoms with E-state index < -0.39 is 0 Å². The van der Waals surface area contributed by atoms with Gasteiger partial charge in [0.1, 0.15) is 17.1 Å². The third kappa shape index (κ3) is 1.75. The number of benzene rings is 1. The molecule has 0 bridgehead atoms. The Bertz CT molecular complexity index is 689. The molecule has 2 N–H and O–H groups in total. The van der Waals surface area contributed by atoms with Gasteiger partial charge in [-0.1, -0.05) is 0 Å². The van der Waals surface area contributed by atoms with E-state index in [2.05, 4.69) is 9.97 Å². The molecule has 3 rings (SSSR count). The Labute approximate surface area is 103 Å². The SMILES string of the molecule is COc1ccc(-c2nc3ccc(N)nc3o2)cc1. The Hall–Kier alpha value is -2.56. The van der Waals surface area contributed by atoms with Gasteiger partial charge in [-0.3, -0.25) is 0 Å². The predicted molar refractivity (Wildman–Crippen MR) is 68.2 cm³/mol. The van der Waals surface area contributed by atoms with E-state index in [-0.39, 0.29) is 0 Å². The molecule has 90 valence electrons. The van der Waals surface area contributed by atoms with Gasteiger partial charge in [0.15, 0.2) is 0 Å². The van der Waals surface area contributed by atoms with Crippen LogP contribution in [0, 0.1) is 0 Å². The van der Waals surface area contributed by atoms with Crippen LogP contribution in [0.25, 0.3) is 22.7 Å². The average Bonchev–Trinajstić information content (AvgIpc) is 2.81. The molecule has 0 aliphatic carbocycles. The molecule has 0 spiro atoms. The summed E-state index contributed by atoms with van der Waals surface area (Å²) in [5.74, 6) is 1.72. The minimum absolute atomic E-state index is 0.417. The Morgan fingerprint density at radius 1 is 1.06 bits per heavy atom. The number of rotatable bonds is 2. The van der Waals surface area contributed by atoms with Crippen molar-refractivity contribution in [3.8, 4) is 17.2 Å². The summed E-state index contributed by atoms with van der Waals surface area (Å²) in [6.45, 7) is 0. The summed E-state index contributed by atoms with van der Waals surface area (Å²) < 4.78 is 10.7. The van der Waals surface area contributed by atoms with Crippen molar-refractivity contribution in [3.63, 3.8) is 0 Å².